The van der Waals surface area contributed by atoms with Gasteiger partial charge in [0.15, 0.2) is 0 Å². The van der Waals surface area contributed by atoms with Crippen LogP contribution in [0.25, 0.3) is 5.70 Å². The van der Waals surface area contributed by atoms with Crippen molar-refractivity contribution in [1.29, 1.82) is 0 Å². The average molecular weight is 718 g/mol. The van der Waals surface area contributed by atoms with E-state index in [9.17, 15) is 9.18 Å². The SMILES string of the molecule is C=C(NCCOCCOCCNc1nc(NCc2ccc(F)cc2)nc(Nc2ccc(C(=O)NCCOCCOCCN)cc2)n1)c1ccccc1. The highest BCUT2D eigenvalue weighted by Crippen LogP contribution is 2.17. The molecule has 278 valence electrons. The third kappa shape index (κ3) is 15.4. The summed E-state index contributed by atoms with van der Waals surface area (Å²) in [4.78, 5) is 26.0. The lowest BCUT2D eigenvalue weighted by Crippen LogP contribution is -2.27. The summed E-state index contributed by atoms with van der Waals surface area (Å²) in [7, 11) is 0. The fourth-order valence-corrected chi connectivity index (χ4v) is 4.52. The molecule has 4 rings (SSSR count). The van der Waals surface area contributed by atoms with E-state index >= 15 is 0 Å². The molecule has 7 N–H and O–H groups in total. The number of hydrogen-bond acceptors (Lipinski definition) is 13. The minimum Gasteiger partial charge on any atom is -0.383 e. The van der Waals surface area contributed by atoms with E-state index in [2.05, 4.69) is 48.1 Å². The number of aromatic nitrogens is 3. The second-order valence-corrected chi connectivity index (χ2v) is 11.2. The van der Waals surface area contributed by atoms with Crippen LogP contribution in [0, 0.1) is 5.82 Å². The molecule has 0 aliphatic rings. The number of carbonyl (C=O) groups excluding carboxylic acids is 1. The van der Waals surface area contributed by atoms with Crippen LogP contribution in [-0.2, 0) is 25.5 Å². The largest absolute Gasteiger partial charge is 0.383 e. The summed E-state index contributed by atoms with van der Waals surface area (Å²) < 4.78 is 35.4. The van der Waals surface area contributed by atoms with Gasteiger partial charge in [0.2, 0.25) is 17.8 Å². The zero-order valence-corrected chi connectivity index (χ0v) is 29.2. The summed E-state index contributed by atoms with van der Waals surface area (Å²) in [6, 6.07) is 23.0. The predicted octanol–water partition coefficient (Wildman–Crippen LogP) is 3.79. The number of nitrogens with two attached hydrogens (primary N) is 1. The molecule has 0 saturated carbocycles. The minimum atomic E-state index is -0.310. The van der Waals surface area contributed by atoms with E-state index in [4.69, 9.17) is 24.7 Å². The van der Waals surface area contributed by atoms with Crippen molar-refractivity contribution < 1.29 is 28.1 Å². The maximum atomic E-state index is 13.4. The molecule has 0 aliphatic carbocycles. The van der Waals surface area contributed by atoms with Crippen molar-refractivity contribution >= 4 is 35.1 Å². The maximum absolute atomic E-state index is 13.4. The van der Waals surface area contributed by atoms with Gasteiger partial charge in [-0.25, -0.2) is 4.39 Å². The molecule has 0 aliphatic heterocycles. The number of carbonyl (C=O) groups is 1. The average Bonchev–Trinajstić information content (AvgIpc) is 3.17. The third-order valence-electron chi connectivity index (χ3n) is 7.18. The van der Waals surface area contributed by atoms with Gasteiger partial charge < -0.3 is 51.3 Å². The zero-order chi connectivity index (χ0) is 36.6. The number of halogens is 1. The van der Waals surface area contributed by atoms with Gasteiger partial charge in [0.05, 0.1) is 52.9 Å². The molecule has 3 aromatic carbocycles. The molecule has 0 atom stereocenters. The Labute approximate surface area is 303 Å². The third-order valence-corrected chi connectivity index (χ3v) is 7.18. The minimum absolute atomic E-state index is 0.218. The van der Waals surface area contributed by atoms with Gasteiger partial charge in [-0.05, 0) is 47.5 Å². The van der Waals surface area contributed by atoms with Crippen molar-refractivity contribution in [2.45, 2.75) is 6.54 Å². The molecular formula is C37H48FN9O5. The number of anilines is 4. The Kier molecular flexibility index (Phi) is 17.8. The number of benzene rings is 3. The van der Waals surface area contributed by atoms with Crippen molar-refractivity contribution in [3.05, 3.63) is 108 Å². The Hall–Kier alpha value is -5.19. The summed E-state index contributed by atoms with van der Waals surface area (Å²) in [6.45, 7) is 9.92. The van der Waals surface area contributed by atoms with Gasteiger partial charge in [-0.1, -0.05) is 49.0 Å². The number of nitrogens with one attached hydrogen (secondary N) is 5. The van der Waals surface area contributed by atoms with Crippen LogP contribution in [-0.4, -0.2) is 99.9 Å². The van der Waals surface area contributed by atoms with Crippen LogP contribution in [0.5, 0.6) is 0 Å². The van der Waals surface area contributed by atoms with Crippen molar-refractivity contribution in [3.8, 4) is 0 Å². The van der Waals surface area contributed by atoms with Gasteiger partial charge in [0.1, 0.15) is 5.82 Å². The van der Waals surface area contributed by atoms with E-state index in [1.54, 1.807) is 36.4 Å². The first-order valence-electron chi connectivity index (χ1n) is 17.1. The van der Waals surface area contributed by atoms with E-state index < -0.39 is 0 Å². The van der Waals surface area contributed by atoms with E-state index in [-0.39, 0.29) is 17.7 Å². The van der Waals surface area contributed by atoms with Crippen LogP contribution in [0.2, 0.25) is 0 Å². The molecule has 15 heteroatoms. The lowest BCUT2D eigenvalue weighted by atomic mass is 10.2. The highest BCUT2D eigenvalue weighted by molar-refractivity contribution is 5.94. The molecule has 0 fully saturated rings. The predicted molar refractivity (Wildman–Crippen MR) is 200 cm³/mol. The van der Waals surface area contributed by atoms with Gasteiger partial charge in [0.25, 0.3) is 5.91 Å². The van der Waals surface area contributed by atoms with E-state index in [0.29, 0.717) is 109 Å². The lowest BCUT2D eigenvalue weighted by molar-refractivity contribution is 0.0511. The monoisotopic (exact) mass is 717 g/mol. The smallest absolute Gasteiger partial charge is 0.251 e. The highest BCUT2D eigenvalue weighted by atomic mass is 19.1. The van der Waals surface area contributed by atoms with E-state index in [1.807, 2.05) is 30.3 Å². The normalized spacial score (nSPS) is 10.8. The first-order valence-corrected chi connectivity index (χ1v) is 17.1. The molecule has 0 unspecified atom stereocenters. The first kappa shape index (κ1) is 39.6. The van der Waals surface area contributed by atoms with Crippen LogP contribution in [0.3, 0.4) is 0 Å². The number of amides is 1. The Morgan fingerprint density at radius 2 is 1.21 bits per heavy atom. The van der Waals surface area contributed by atoms with Gasteiger partial charge in [-0.15, -0.1) is 0 Å². The molecule has 0 bridgehead atoms. The summed E-state index contributed by atoms with van der Waals surface area (Å²) in [6.07, 6.45) is 0. The Morgan fingerprint density at radius 3 is 1.87 bits per heavy atom. The molecule has 52 heavy (non-hydrogen) atoms. The Morgan fingerprint density at radius 1 is 0.635 bits per heavy atom. The number of nitrogens with zero attached hydrogens (tertiary/aromatic N) is 3. The topological polar surface area (TPSA) is 179 Å². The van der Waals surface area contributed by atoms with Crippen molar-refractivity contribution in [2.75, 3.05) is 95.0 Å². The quantitative estimate of drug-likeness (QED) is 0.0518. The van der Waals surface area contributed by atoms with Crippen LogP contribution in [0.15, 0.2) is 85.4 Å². The van der Waals surface area contributed by atoms with Crippen LogP contribution < -0.4 is 32.3 Å². The van der Waals surface area contributed by atoms with Crippen molar-refractivity contribution in [3.63, 3.8) is 0 Å². The Bertz CT molecular complexity index is 1620. The Balaban J connectivity index is 1.21. The first-order chi connectivity index (χ1) is 25.5. The highest BCUT2D eigenvalue weighted by Gasteiger charge is 2.10. The second kappa shape index (κ2) is 23.3. The number of hydrogen-bond donors (Lipinski definition) is 6. The van der Waals surface area contributed by atoms with Gasteiger partial charge in [0, 0.05) is 49.7 Å². The molecular weight excluding hydrogens is 669 g/mol. The number of ether oxygens (including phenoxy) is 4. The fourth-order valence-electron chi connectivity index (χ4n) is 4.52. The molecule has 4 aromatic rings. The molecule has 1 amide bonds. The van der Waals surface area contributed by atoms with E-state index in [1.165, 1.54) is 12.1 Å². The summed E-state index contributed by atoms with van der Waals surface area (Å²) in [5, 5.41) is 15.6. The maximum Gasteiger partial charge on any atom is 0.251 e. The fraction of sp³-hybridized carbons (Fsp3) is 0.351. The molecule has 14 nitrogen and oxygen atoms in total. The molecule has 0 saturated heterocycles. The van der Waals surface area contributed by atoms with Crippen molar-refractivity contribution in [2.24, 2.45) is 5.73 Å². The molecule has 0 radical (unpaired) electrons. The van der Waals surface area contributed by atoms with Crippen LogP contribution >= 0.6 is 0 Å². The standard InChI is InChI=1S/C37H48FN9O5/c1-28(30-5-3-2-4-6-30)40-16-20-50-25-26-52-22-18-42-35-45-36(43-27-29-7-11-32(38)12-8-29)47-37(46-35)44-33-13-9-31(10-14-33)34(48)41-17-21-51-24-23-49-19-15-39/h2-14,40H,1,15-27,39H2,(H,41,48)(H3,42,43,44,45,46,47). The molecule has 1 aromatic heterocycles. The molecule has 1 heterocycles. The summed E-state index contributed by atoms with van der Waals surface area (Å²) in [5.41, 5.74) is 9.30. The van der Waals surface area contributed by atoms with Crippen LogP contribution in [0.1, 0.15) is 21.5 Å². The second-order valence-electron chi connectivity index (χ2n) is 11.2. The van der Waals surface area contributed by atoms with Gasteiger partial charge in [-0.2, -0.15) is 15.0 Å². The zero-order valence-electron chi connectivity index (χ0n) is 29.2. The van der Waals surface area contributed by atoms with Crippen molar-refractivity contribution in [1.82, 2.24) is 25.6 Å². The lowest BCUT2D eigenvalue weighted by Gasteiger charge is -2.12. The molecule has 0 spiro atoms. The van der Waals surface area contributed by atoms with E-state index in [0.717, 1.165) is 16.8 Å². The van der Waals surface area contributed by atoms with Gasteiger partial charge >= 0.3 is 0 Å². The summed E-state index contributed by atoms with van der Waals surface area (Å²) in [5.74, 6) is 0.390. The summed E-state index contributed by atoms with van der Waals surface area (Å²) >= 11 is 0. The van der Waals surface area contributed by atoms with Gasteiger partial charge in [-0.3, -0.25) is 4.79 Å². The number of rotatable bonds is 26. The van der Waals surface area contributed by atoms with Crippen LogP contribution in [0.4, 0.5) is 27.9 Å².